The Bertz CT molecular complexity index is 512. The van der Waals surface area contributed by atoms with Crippen LogP contribution in [0, 0.1) is 0 Å². The van der Waals surface area contributed by atoms with Crippen LogP contribution in [-0.2, 0) is 15.9 Å². The maximum atomic E-state index is 9.69. The summed E-state index contributed by atoms with van der Waals surface area (Å²) < 4.78 is 17.4. The molecule has 4 heteroatoms. The second-order valence-corrected chi connectivity index (χ2v) is 7.16. The molecule has 0 spiro atoms. The molecule has 1 saturated heterocycles. The van der Waals surface area contributed by atoms with Gasteiger partial charge in [0.15, 0.2) is 17.3 Å². The van der Waals surface area contributed by atoms with Crippen LogP contribution in [0.4, 0.5) is 0 Å². The summed E-state index contributed by atoms with van der Waals surface area (Å²) in [6.07, 6.45) is 8.15. The van der Waals surface area contributed by atoms with Crippen LogP contribution in [0.5, 0.6) is 11.5 Å². The smallest absolute Gasteiger partial charge is 0.163 e. The molecular formula is C20H32O4. The second-order valence-electron chi connectivity index (χ2n) is 7.16. The summed E-state index contributed by atoms with van der Waals surface area (Å²) in [6, 6.07) is 5.54. The number of phenolic OH excluding ortho intramolecular Hbond substituents is 1. The lowest BCUT2D eigenvalue weighted by Gasteiger charge is -2.41. The Kier molecular flexibility index (Phi) is 6.93. The van der Waals surface area contributed by atoms with Crippen molar-refractivity contribution < 1.29 is 19.3 Å². The van der Waals surface area contributed by atoms with Crippen molar-refractivity contribution in [3.8, 4) is 11.5 Å². The Morgan fingerprint density at radius 2 is 1.88 bits per heavy atom. The van der Waals surface area contributed by atoms with E-state index in [4.69, 9.17) is 14.2 Å². The lowest BCUT2D eigenvalue weighted by atomic mass is 9.97. The summed E-state index contributed by atoms with van der Waals surface area (Å²) in [7, 11) is 1.57. The van der Waals surface area contributed by atoms with Crippen molar-refractivity contribution in [2.45, 2.75) is 83.7 Å². The highest BCUT2D eigenvalue weighted by Crippen LogP contribution is 2.32. The number of aryl methyl sites for hydroxylation is 1. The molecule has 24 heavy (non-hydrogen) atoms. The molecule has 1 fully saturated rings. The SMILES string of the molecule is CCCCC[C@H]1C[C@@H](CCc2ccc(O)c(OC)c2)OC(C)(C)O1. The average molecular weight is 336 g/mol. The van der Waals surface area contributed by atoms with E-state index >= 15 is 0 Å². The van der Waals surface area contributed by atoms with E-state index in [-0.39, 0.29) is 11.9 Å². The minimum absolute atomic E-state index is 0.181. The van der Waals surface area contributed by atoms with Crippen LogP contribution in [0.3, 0.4) is 0 Å². The first-order chi connectivity index (χ1) is 11.4. The summed E-state index contributed by atoms with van der Waals surface area (Å²) in [4.78, 5) is 0. The normalized spacial score (nSPS) is 23.2. The van der Waals surface area contributed by atoms with E-state index in [0.717, 1.165) is 31.2 Å². The van der Waals surface area contributed by atoms with Gasteiger partial charge in [0.05, 0.1) is 19.3 Å². The molecule has 0 aromatic heterocycles. The van der Waals surface area contributed by atoms with Gasteiger partial charge in [0.25, 0.3) is 0 Å². The minimum atomic E-state index is -0.507. The maximum Gasteiger partial charge on any atom is 0.163 e. The topological polar surface area (TPSA) is 47.9 Å². The molecule has 0 unspecified atom stereocenters. The molecule has 1 aromatic rings. The molecule has 0 bridgehead atoms. The molecule has 136 valence electrons. The third kappa shape index (κ3) is 5.67. The van der Waals surface area contributed by atoms with Gasteiger partial charge in [-0.2, -0.15) is 0 Å². The molecule has 4 nitrogen and oxygen atoms in total. The monoisotopic (exact) mass is 336 g/mol. The van der Waals surface area contributed by atoms with E-state index < -0.39 is 5.79 Å². The highest BCUT2D eigenvalue weighted by Gasteiger charge is 2.34. The first kappa shape index (κ1) is 19.1. The summed E-state index contributed by atoms with van der Waals surface area (Å²) in [6.45, 7) is 6.24. The zero-order valence-electron chi connectivity index (χ0n) is 15.5. The number of hydrogen-bond acceptors (Lipinski definition) is 4. The average Bonchev–Trinajstić information content (AvgIpc) is 2.53. The van der Waals surface area contributed by atoms with Gasteiger partial charge in [0.2, 0.25) is 0 Å². The number of ether oxygens (including phenoxy) is 3. The molecule has 0 amide bonds. The molecule has 2 atom stereocenters. The Labute approximate surface area is 146 Å². The van der Waals surface area contributed by atoms with Crippen molar-refractivity contribution in [3.05, 3.63) is 23.8 Å². The van der Waals surface area contributed by atoms with Gasteiger partial charge in [0.1, 0.15) is 0 Å². The lowest BCUT2D eigenvalue weighted by Crippen LogP contribution is -2.44. The molecule has 1 heterocycles. The van der Waals surface area contributed by atoms with E-state index in [9.17, 15) is 5.11 Å². The lowest BCUT2D eigenvalue weighted by molar-refractivity contribution is -0.301. The van der Waals surface area contributed by atoms with Crippen molar-refractivity contribution in [1.82, 2.24) is 0 Å². The van der Waals surface area contributed by atoms with Crippen LogP contribution < -0.4 is 4.74 Å². The number of unbranched alkanes of at least 4 members (excludes halogenated alkanes) is 2. The van der Waals surface area contributed by atoms with Gasteiger partial charge >= 0.3 is 0 Å². The Morgan fingerprint density at radius 3 is 2.54 bits per heavy atom. The van der Waals surface area contributed by atoms with Gasteiger partial charge in [-0.15, -0.1) is 0 Å². The number of phenols is 1. The van der Waals surface area contributed by atoms with Crippen LogP contribution in [0.15, 0.2) is 18.2 Å². The van der Waals surface area contributed by atoms with E-state index in [1.165, 1.54) is 19.3 Å². The quantitative estimate of drug-likeness (QED) is 0.691. The van der Waals surface area contributed by atoms with E-state index in [1.807, 2.05) is 26.0 Å². The van der Waals surface area contributed by atoms with Gasteiger partial charge in [0, 0.05) is 6.42 Å². The van der Waals surface area contributed by atoms with Gasteiger partial charge < -0.3 is 19.3 Å². The Hall–Kier alpha value is -1.26. The zero-order chi connectivity index (χ0) is 17.6. The number of rotatable bonds is 8. The van der Waals surface area contributed by atoms with Crippen LogP contribution in [0.25, 0.3) is 0 Å². The van der Waals surface area contributed by atoms with E-state index in [0.29, 0.717) is 11.9 Å². The number of aromatic hydroxyl groups is 1. The predicted molar refractivity (Wildman–Crippen MR) is 95.6 cm³/mol. The number of benzene rings is 1. The zero-order valence-corrected chi connectivity index (χ0v) is 15.5. The minimum Gasteiger partial charge on any atom is -0.504 e. The fourth-order valence-corrected chi connectivity index (χ4v) is 3.40. The molecule has 1 aliphatic heterocycles. The van der Waals surface area contributed by atoms with Crippen molar-refractivity contribution in [1.29, 1.82) is 0 Å². The predicted octanol–water partition coefficient (Wildman–Crippen LogP) is 4.82. The molecule has 1 N–H and O–H groups in total. The van der Waals surface area contributed by atoms with Crippen molar-refractivity contribution in [2.75, 3.05) is 7.11 Å². The number of hydrogen-bond donors (Lipinski definition) is 1. The molecule has 2 rings (SSSR count). The standard InChI is InChI=1S/C20H32O4/c1-5-6-7-8-16-14-17(24-20(2,3)23-16)11-9-15-10-12-18(21)19(13-15)22-4/h10,12-13,16-17,21H,5-9,11,14H2,1-4H3/t16-,17+/m0/s1. The van der Waals surface area contributed by atoms with Gasteiger partial charge in [-0.1, -0.05) is 32.3 Å². The van der Waals surface area contributed by atoms with Crippen LogP contribution in [0.1, 0.15) is 64.9 Å². The highest BCUT2D eigenvalue weighted by atomic mass is 16.7. The Balaban J connectivity index is 1.90. The fourth-order valence-electron chi connectivity index (χ4n) is 3.40. The highest BCUT2D eigenvalue weighted by molar-refractivity contribution is 5.41. The maximum absolute atomic E-state index is 9.69. The van der Waals surface area contributed by atoms with Crippen LogP contribution in [-0.4, -0.2) is 30.2 Å². The molecule has 0 aliphatic carbocycles. The van der Waals surface area contributed by atoms with E-state index in [2.05, 4.69) is 6.92 Å². The van der Waals surface area contributed by atoms with Gasteiger partial charge in [-0.25, -0.2) is 0 Å². The fraction of sp³-hybridized carbons (Fsp3) is 0.700. The first-order valence-corrected chi connectivity index (χ1v) is 9.15. The molecular weight excluding hydrogens is 304 g/mol. The Morgan fingerprint density at radius 1 is 1.17 bits per heavy atom. The summed E-state index contributed by atoms with van der Waals surface area (Å²) in [5, 5.41) is 9.69. The number of methoxy groups -OCH3 is 1. The van der Waals surface area contributed by atoms with E-state index in [1.54, 1.807) is 13.2 Å². The molecule has 0 saturated carbocycles. The van der Waals surface area contributed by atoms with Crippen molar-refractivity contribution >= 4 is 0 Å². The largest absolute Gasteiger partial charge is 0.504 e. The van der Waals surface area contributed by atoms with Crippen LogP contribution >= 0.6 is 0 Å². The summed E-state index contributed by atoms with van der Waals surface area (Å²) in [5.74, 6) is 0.200. The van der Waals surface area contributed by atoms with Gasteiger partial charge in [-0.3, -0.25) is 0 Å². The molecule has 0 radical (unpaired) electrons. The van der Waals surface area contributed by atoms with Crippen molar-refractivity contribution in [2.24, 2.45) is 0 Å². The third-order valence-electron chi connectivity index (χ3n) is 4.56. The third-order valence-corrected chi connectivity index (χ3v) is 4.56. The summed E-state index contributed by atoms with van der Waals surface area (Å²) in [5.41, 5.74) is 1.15. The first-order valence-electron chi connectivity index (χ1n) is 9.15. The van der Waals surface area contributed by atoms with Crippen molar-refractivity contribution in [3.63, 3.8) is 0 Å². The second kappa shape index (κ2) is 8.72. The molecule has 1 aliphatic rings. The summed E-state index contributed by atoms with van der Waals surface area (Å²) >= 11 is 0. The van der Waals surface area contributed by atoms with Gasteiger partial charge in [-0.05, 0) is 50.8 Å². The van der Waals surface area contributed by atoms with Crippen LogP contribution in [0.2, 0.25) is 0 Å². The molecule has 1 aromatic carbocycles.